The molecule has 6 nitrogen and oxygen atoms in total. The summed E-state index contributed by atoms with van der Waals surface area (Å²) in [6.07, 6.45) is 5.35. The molecule has 4 N–H and O–H groups in total. The maximum Gasteiger partial charge on any atom is 0.271 e. The third kappa shape index (κ3) is 3.76. The Morgan fingerprint density at radius 3 is 2.86 bits per heavy atom. The van der Waals surface area contributed by atoms with Gasteiger partial charge < -0.3 is 16.4 Å². The lowest BCUT2D eigenvalue weighted by Gasteiger charge is -2.35. The highest BCUT2D eigenvalue weighted by Crippen LogP contribution is 2.29. The van der Waals surface area contributed by atoms with Crippen molar-refractivity contribution in [3.8, 4) is 0 Å². The van der Waals surface area contributed by atoms with E-state index in [1.165, 1.54) is 12.8 Å². The zero-order valence-corrected chi connectivity index (χ0v) is 14.2. The van der Waals surface area contributed by atoms with E-state index in [0.29, 0.717) is 35.2 Å². The van der Waals surface area contributed by atoms with Gasteiger partial charge in [-0.2, -0.15) is 5.10 Å². The molecule has 1 heterocycles. The van der Waals surface area contributed by atoms with Crippen molar-refractivity contribution < 1.29 is 4.79 Å². The molecule has 0 unspecified atom stereocenters. The highest BCUT2D eigenvalue weighted by Gasteiger charge is 2.27. The van der Waals surface area contributed by atoms with Crippen LogP contribution in [-0.2, 0) is 6.54 Å². The Labute approximate surface area is 136 Å². The summed E-state index contributed by atoms with van der Waals surface area (Å²) in [5.74, 6) is 0.706. The lowest BCUT2D eigenvalue weighted by atomic mass is 9.78. The zero-order chi connectivity index (χ0) is 16.3. The van der Waals surface area contributed by atoms with E-state index in [9.17, 15) is 4.79 Å². The van der Waals surface area contributed by atoms with Crippen LogP contribution in [0.5, 0.6) is 0 Å². The zero-order valence-electron chi connectivity index (χ0n) is 13.4. The van der Waals surface area contributed by atoms with Crippen LogP contribution in [-0.4, -0.2) is 26.8 Å². The molecule has 22 heavy (non-hydrogen) atoms. The van der Waals surface area contributed by atoms with Gasteiger partial charge in [-0.15, -0.1) is 0 Å². The van der Waals surface area contributed by atoms with Gasteiger partial charge in [0.25, 0.3) is 5.91 Å². The molecule has 1 aromatic heterocycles. The number of primary amides is 1. The van der Waals surface area contributed by atoms with Gasteiger partial charge in [0.2, 0.25) is 0 Å². The highest BCUT2D eigenvalue weighted by atomic mass is 32.1. The Morgan fingerprint density at radius 2 is 2.23 bits per heavy atom. The van der Waals surface area contributed by atoms with Gasteiger partial charge in [0.1, 0.15) is 0 Å². The Morgan fingerprint density at radius 1 is 1.50 bits per heavy atom. The highest BCUT2D eigenvalue weighted by molar-refractivity contribution is 7.80. The number of aryl methyl sites for hydroxylation is 1. The summed E-state index contributed by atoms with van der Waals surface area (Å²) in [6.45, 7) is 7.15. The van der Waals surface area contributed by atoms with Gasteiger partial charge in [-0.05, 0) is 37.4 Å². The van der Waals surface area contributed by atoms with Crippen molar-refractivity contribution in [2.75, 3.05) is 5.32 Å². The fourth-order valence-electron chi connectivity index (χ4n) is 2.97. The molecule has 1 amide bonds. The monoisotopic (exact) mass is 323 g/mol. The number of aromatic nitrogens is 2. The SMILES string of the molecule is CCn1cc(NC(=S)N[C@@H]2CCC[C@H](C)[C@H]2C)c(C(N)=O)n1. The minimum Gasteiger partial charge on any atom is -0.364 e. The van der Waals surface area contributed by atoms with Gasteiger partial charge in [0.15, 0.2) is 10.8 Å². The van der Waals surface area contributed by atoms with E-state index in [4.69, 9.17) is 18.0 Å². The third-order valence-electron chi connectivity index (χ3n) is 4.59. The average molecular weight is 323 g/mol. The smallest absolute Gasteiger partial charge is 0.271 e. The molecule has 0 bridgehead atoms. The van der Waals surface area contributed by atoms with E-state index in [2.05, 4.69) is 29.6 Å². The Balaban J connectivity index is 2.03. The molecule has 0 aromatic carbocycles. The van der Waals surface area contributed by atoms with E-state index < -0.39 is 5.91 Å². The number of nitrogens with one attached hydrogen (secondary N) is 2. The molecule has 1 aromatic rings. The topological polar surface area (TPSA) is 85.0 Å². The number of thiocarbonyl (C=S) groups is 1. The maximum absolute atomic E-state index is 11.5. The summed E-state index contributed by atoms with van der Waals surface area (Å²) in [6, 6.07) is 0.363. The molecule has 0 spiro atoms. The molecule has 1 saturated carbocycles. The molecule has 7 heteroatoms. The predicted molar refractivity (Wildman–Crippen MR) is 91.7 cm³/mol. The Kier molecular flexibility index (Phi) is 5.39. The van der Waals surface area contributed by atoms with Crippen molar-refractivity contribution in [2.24, 2.45) is 17.6 Å². The van der Waals surface area contributed by atoms with E-state index in [0.717, 1.165) is 6.42 Å². The van der Waals surface area contributed by atoms with Crippen LogP contribution >= 0.6 is 12.2 Å². The first kappa shape index (κ1) is 16.7. The maximum atomic E-state index is 11.5. The van der Waals surface area contributed by atoms with Crippen LogP contribution in [0.1, 0.15) is 50.5 Å². The largest absolute Gasteiger partial charge is 0.364 e. The van der Waals surface area contributed by atoms with Crippen molar-refractivity contribution in [2.45, 2.75) is 52.6 Å². The summed E-state index contributed by atoms with van der Waals surface area (Å²) in [5, 5.41) is 11.1. The van der Waals surface area contributed by atoms with Crippen LogP contribution in [0.3, 0.4) is 0 Å². The summed E-state index contributed by atoms with van der Waals surface area (Å²) in [7, 11) is 0. The molecular formula is C15H25N5OS. The van der Waals surface area contributed by atoms with Gasteiger partial charge in [0, 0.05) is 18.8 Å². The Hall–Kier alpha value is -1.63. The first-order chi connectivity index (χ1) is 10.4. The number of nitrogens with zero attached hydrogens (tertiary/aromatic N) is 2. The van der Waals surface area contributed by atoms with Crippen molar-refractivity contribution in [3.05, 3.63) is 11.9 Å². The lowest BCUT2D eigenvalue weighted by molar-refractivity contribution is 0.0995. The number of nitrogens with two attached hydrogens (primary N) is 1. The van der Waals surface area contributed by atoms with E-state index in [1.54, 1.807) is 10.9 Å². The second-order valence-electron chi connectivity index (χ2n) is 6.08. The lowest BCUT2D eigenvalue weighted by Crippen LogP contribution is -2.45. The second kappa shape index (κ2) is 7.09. The van der Waals surface area contributed by atoms with Crippen LogP contribution in [0.4, 0.5) is 5.69 Å². The fourth-order valence-corrected chi connectivity index (χ4v) is 3.23. The number of carbonyl (C=O) groups is 1. The fraction of sp³-hybridized carbons (Fsp3) is 0.667. The van der Waals surface area contributed by atoms with E-state index >= 15 is 0 Å². The number of amides is 1. The average Bonchev–Trinajstić information content (AvgIpc) is 2.87. The first-order valence-electron chi connectivity index (χ1n) is 7.87. The number of rotatable bonds is 4. The van der Waals surface area contributed by atoms with Gasteiger partial charge in [0.05, 0.1) is 5.69 Å². The minimum absolute atomic E-state index is 0.219. The van der Waals surface area contributed by atoms with Crippen LogP contribution in [0, 0.1) is 11.8 Å². The van der Waals surface area contributed by atoms with E-state index in [-0.39, 0.29) is 5.69 Å². The normalized spacial score (nSPS) is 24.8. The van der Waals surface area contributed by atoms with Crippen molar-refractivity contribution in [3.63, 3.8) is 0 Å². The van der Waals surface area contributed by atoms with E-state index in [1.807, 2.05) is 6.92 Å². The van der Waals surface area contributed by atoms with Gasteiger partial charge >= 0.3 is 0 Å². The molecular weight excluding hydrogens is 298 g/mol. The molecule has 0 saturated heterocycles. The summed E-state index contributed by atoms with van der Waals surface area (Å²) < 4.78 is 1.66. The molecule has 0 aliphatic heterocycles. The summed E-state index contributed by atoms with van der Waals surface area (Å²) in [4.78, 5) is 11.5. The number of carbonyl (C=O) groups excluding carboxylic acids is 1. The van der Waals surface area contributed by atoms with Crippen LogP contribution in [0.15, 0.2) is 6.20 Å². The molecule has 122 valence electrons. The first-order valence-corrected chi connectivity index (χ1v) is 8.28. The minimum atomic E-state index is -0.558. The number of anilines is 1. The molecule has 1 fully saturated rings. The summed E-state index contributed by atoms with van der Waals surface area (Å²) in [5.41, 5.74) is 6.14. The third-order valence-corrected chi connectivity index (χ3v) is 4.81. The molecule has 1 aliphatic rings. The summed E-state index contributed by atoms with van der Waals surface area (Å²) >= 11 is 5.39. The van der Waals surface area contributed by atoms with Crippen molar-refractivity contribution >= 4 is 28.9 Å². The Bertz CT molecular complexity index is 556. The standard InChI is InChI=1S/C15H25N5OS/c1-4-20-8-12(13(19-20)14(16)21)18-15(22)17-11-7-5-6-9(2)10(11)3/h8-11H,4-7H2,1-3H3,(H2,16,21)(H2,17,18,22)/t9-,10+,11+/m0/s1. The molecule has 2 rings (SSSR count). The molecule has 3 atom stereocenters. The van der Waals surface area contributed by atoms with Gasteiger partial charge in [-0.25, -0.2) is 0 Å². The molecule has 1 aliphatic carbocycles. The predicted octanol–water partition coefficient (Wildman–Crippen LogP) is 2.11. The van der Waals surface area contributed by atoms with Crippen LogP contribution < -0.4 is 16.4 Å². The van der Waals surface area contributed by atoms with Crippen LogP contribution in [0.25, 0.3) is 0 Å². The number of hydrogen-bond acceptors (Lipinski definition) is 3. The molecule has 0 radical (unpaired) electrons. The number of hydrogen-bond donors (Lipinski definition) is 3. The van der Waals surface area contributed by atoms with Gasteiger partial charge in [-0.3, -0.25) is 9.48 Å². The second-order valence-corrected chi connectivity index (χ2v) is 6.49. The van der Waals surface area contributed by atoms with Crippen molar-refractivity contribution in [1.82, 2.24) is 15.1 Å². The van der Waals surface area contributed by atoms with Crippen molar-refractivity contribution in [1.29, 1.82) is 0 Å². The quantitative estimate of drug-likeness (QED) is 0.739. The van der Waals surface area contributed by atoms with Gasteiger partial charge in [-0.1, -0.05) is 26.7 Å². The van der Waals surface area contributed by atoms with Crippen LogP contribution in [0.2, 0.25) is 0 Å².